The van der Waals surface area contributed by atoms with Gasteiger partial charge in [0.25, 0.3) is 12.0 Å². The van der Waals surface area contributed by atoms with E-state index in [-0.39, 0.29) is 11.4 Å². The number of hydrogen-bond donors (Lipinski definition) is 0. The van der Waals surface area contributed by atoms with Crippen molar-refractivity contribution < 1.29 is 38.3 Å². The zero-order valence-corrected chi connectivity index (χ0v) is 15.8. The molecule has 2 bridgehead atoms. The van der Waals surface area contributed by atoms with Gasteiger partial charge in [-0.2, -0.15) is 0 Å². The average molecular weight is 416 g/mol. The first-order valence-electron chi connectivity index (χ1n) is 8.99. The number of nitrogens with zero attached hydrogens (tertiary/aromatic N) is 2. The molecule has 0 N–H and O–H groups in total. The van der Waals surface area contributed by atoms with Crippen molar-refractivity contribution in [3.05, 3.63) is 46.5 Å². The third-order valence-electron chi connectivity index (χ3n) is 5.29. The van der Waals surface area contributed by atoms with Crippen LogP contribution in [0.15, 0.2) is 36.4 Å². The summed E-state index contributed by atoms with van der Waals surface area (Å²) < 4.78 is 16.1. The molecule has 0 aromatic heterocycles. The first-order valence-corrected chi connectivity index (χ1v) is 8.99. The first kappa shape index (κ1) is 19.7. The molecule has 156 valence electrons. The number of fused-ring (bicyclic) bond motifs is 5. The van der Waals surface area contributed by atoms with Gasteiger partial charge in [0.2, 0.25) is 11.8 Å². The van der Waals surface area contributed by atoms with Gasteiger partial charge in [0, 0.05) is 26.0 Å². The maximum atomic E-state index is 13.3. The van der Waals surface area contributed by atoms with Crippen LogP contribution in [0.25, 0.3) is 0 Å². The molecular weight excluding hydrogens is 400 g/mol. The number of rotatable bonds is 5. The minimum atomic E-state index is -1.67. The summed E-state index contributed by atoms with van der Waals surface area (Å²) in [6.07, 6.45) is 0.621. The summed E-state index contributed by atoms with van der Waals surface area (Å²) in [4.78, 5) is 60.8. The molecule has 11 heteroatoms. The highest BCUT2D eigenvalue weighted by atomic mass is 16.7. The van der Waals surface area contributed by atoms with Gasteiger partial charge in [0.05, 0.1) is 28.6 Å². The van der Waals surface area contributed by atoms with E-state index in [0.717, 1.165) is 24.8 Å². The molecule has 2 amide bonds. The summed E-state index contributed by atoms with van der Waals surface area (Å²) in [7, 11) is 0. The Labute approximate surface area is 169 Å². The van der Waals surface area contributed by atoms with Gasteiger partial charge in [0.1, 0.15) is 0 Å². The number of non-ortho nitro benzene ring substituents is 1. The maximum Gasteiger partial charge on any atom is 0.305 e. The van der Waals surface area contributed by atoms with Crippen molar-refractivity contribution >= 4 is 35.1 Å². The summed E-state index contributed by atoms with van der Waals surface area (Å²) in [5.74, 6) is -4.93. The fourth-order valence-corrected chi connectivity index (χ4v) is 4.22. The third-order valence-corrected chi connectivity index (χ3v) is 5.29. The molecule has 3 aliphatic heterocycles. The summed E-state index contributed by atoms with van der Waals surface area (Å²) in [6.45, 7) is 2.21. The molecule has 2 fully saturated rings. The van der Waals surface area contributed by atoms with Crippen LogP contribution in [-0.2, 0) is 33.4 Å². The zero-order chi connectivity index (χ0) is 21.8. The van der Waals surface area contributed by atoms with E-state index in [0.29, 0.717) is 0 Å². The number of carbonyl (C=O) groups is 4. The SMILES string of the molecule is CC(=O)OC(OC(C)=O)[C@@]12C=C[C@@H](O1)[C@H]1C(=O)N(c3cccc([N+](=O)[O-])c3)C(=O)[C@@H]12. The predicted octanol–water partition coefficient (Wildman–Crippen LogP) is 0.860. The van der Waals surface area contributed by atoms with Gasteiger partial charge in [-0.15, -0.1) is 0 Å². The Morgan fingerprint density at radius 2 is 1.87 bits per heavy atom. The summed E-state index contributed by atoms with van der Waals surface area (Å²) in [5.41, 5.74) is -1.91. The molecule has 11 nitrogen and oxygen atoms in total. The van der Waals surface area contributed by atoms with E-state index in [2.05, 4.69) is 0 Å². The van der Waals surface area contributed by atoms with E-state index < -0.39 is 58.5 Å². The zero-order valence-electron chi connectivity index (χ0n) is 15.8. The standard InChI is InChI=1S/C19H16N2O9/c1-9(22)28-18(29-10(2)23)19-7-6-13(30-19)14-15(19)17(25)20(16(14)24)11-4-3-5-12(8-11)21(26)27/h3-8,13-15,18H,1-2H3/t13-,14-,15-,19+/m1/s1. The third kappa shape index (κ3) is 2.77. The number of benzene rings is 1. The molecule has 1 aromatic rings. The van der Waals surface area contributed by atoms with Crippen LogP contribution < -0.4 is 4.90 Å². The van der Waals surface area contributed by atoms with Crippen molar-refractivity contribution in [2.45, 2.75) is 31.8 Å². The van der Waals surface area contributed by atoms with Crippen LogP contribution in [0.2, 0.25) is 0 Å². The van der Waals surface area contributed by atoms with Crippen molar-refractivity contribution in [1.82, 2.24) is 0 Å². The van der Waals surface area contributed by atoms with Gasteiger partial charge >= 0.3 is 11.9 Å². The highest BCUT2D eigenvalue weighted by Gasteiger charge is 2.72. The van der Waals surface area contributed by atoms with E-state index in [4.69, 9.17) is 14.2 Å². The van der Waals surface area contributed by atoms with E-state index in [1.807, 2.05) is 0 Å². The molecule has 0 saturated carbocycles. The van der Waals surface area contributed by atoms with Gasteiger partial charge in [-0.3, -0.25) is 29.3 Å². The van der Waals surface area contributed by atoms with Crippen LogP contribution in [-0.4, -0.2) is 46.7 Å². The van der Waals surface area contributed by atoms with Crippen LogP contribution in [0, 0.1) is 22.0 Å². The molecule has 4 rings (SSSR count). The number of amides is 2. The lowest BCUT2D eigenvalue weighted by atomic mass is 9.76. The van der Waals surface area contributed by atoms with Gasteiger partial charge in [-0.25, -0.2) is 4.90 Å². The van der Waals surface area contributed by atoms with E-state index >= 15 is 0 Å². The molecule has 0 aliphatic carbocycles. The molecule has 0 spiro atoms. The number of anilines is 1. The first-order chi connectivity index (χ1) is 14.2. The Bertz CT molecular complexity index is 1000. The van der Waals surface area contributed by atoms with Gasteiger partial charge in [0.15, 0.2) is 5.60 Å². The maximum absolute atomic E-state index is 13.3. The lowest BCUT2D eigenvalue weighted by Crippen LogP contribution is -2.52. The van der Waals surface area contributed by atoms with E-state index in [1.54, 1.807) is 6.08 Å². The Kier molecular flexibility index (Phi) is 4.42. The van der Waals surface area contributed by atoms with Crippen molar-refractivity contribution in [3.63, 3.8) is 0 Å². The summed E-state index contributed by atoms with van der Waals surface area (Å²) >= 11 is 0. The number of ether oxygens (including phenoxy) is 3. The van der Waals surface area contributed by atoms with Crippen LogP contribution in [0.5, 0.6) is 0 Å². The molecule has 1 aromatic carbocycles. The highest BCUT2D eigenvalue weighted by Crippen LogP contribution is 2.54. The second-order valence-corrected chi connectivity index (χ2v) is 7.14. The number of nitro groups is 1. The molecular formula is C19H16N2O9. The molecule has 2 saturated heterocycles. The molecule has 0 radical (unpaired) electrons. The smallest absolute Gasteiger partial charge is 0.305 e. The van der Waals surface area contributed by atoms with Gasteiger partial charge < -0.3 is 14.2 Å². The van der Waals surface area contributed by atoms with Crippen LogP contribution >= 0.6 is 0 Å². The quantitative estimate of drug-likeness (QED) is 0.170. The minimum absolute atomic E-state index is 0.0414. The van der Waals surface area contributed by atoms with E-state index in [9.17, 15) is 29.3 Å². The van der Waals surface area contributed by atoms with Crippen molar-refractivity contribution in [3.8, 4) is 0 Å². The summed E-state index contributed by atoms with van der Waals surface area (Å²) in [6, 6.07) is 5.13. The van der Waals surface area contributed by atoms with Gasteiger partial charge in [-0.1, -0.05) is 12.1 Å². The average Bonchev–Trinajstić information content (AvgIpc) is 3.32. The number of carbonyl (C=O) groups excluding carboxylic acids is 4. The number of nitro benzene ring substituents is 1. The number of hydrogen-bond acceptors (Lipinski definition) is 9. The van der Waals surface area contributed by atoms with Crippen molar-refractivity contribution in [1.29, 1.82) is 0 Å². The Balaban J connectivity index is 1.75. The highest BCUT2D eigenvalue weighted by molar-refractivity contribution is 6.23. The topological polar surface area (TPSA) is 142 Å². The lowest BCUT2D eigenvalue weighted by molar-refractivity contribution is -0.384. The fraction of sp³-hybridized carbons (Fsp3) is 0.368. The Morgan fingerprint density at radius 1 is 1.20 bits per heavy atom. The molecule has 3 aliphatic rings. The van der Waals surface area contributed by atoms with Crippen LogP contribution in [0.1, 0.15) is 13.8 Å². The summed E-state index contributed by atoms with van der Waals surface area (Å²) in [5, 5.41) is 11.1. The Hall–Kier alpha value is -3.60. The second kappa shape index (κ2) is 6.73. The molecule has 0 unspecified atom stereocenters. The van der Waals surface area contributed by atoms with E-state index in [1.165, 1.54) is 24.3 Å². The predicted molar refractivity (Wildman–Crippen MR) is 96.6 cm³/mol. The molecule has 3 heterocycles. The van der Waals surface area contributed by atoms with Crippen LogP contribution in [0.3, 0.4) is 0 Å². The lowest BCUT2D eigenvalue weighted by Gasteiger charge is -2.34. The molecule has 4 atom stereocenters. The minimum Gasteiger partial charge on any atom is -0.422 e. The fourth-order valence-electron chi connectivity index (χ4n) is 4.22. The molecule has 30 heavy (non-hydrogen) atoms. The number of imide groups is 1. The largest absolute Gasteiger partial charge is 0.422 e. The Morgan fingerprint density at radius 3 is 2.47 bits per heavy atom. The van der Waals surface area contributed by atoms with Crippen molar-refractivity contribution in [2.75, 3.05) is 4.90 Å². The monoisotopic (exact) mass is 416 g/mol. The van der Waals surface area contributed by atoms with Crippen LogP contribution in [0.4, 0.5) is 11.4 Å². The van der Waals surface area contributed by atoms with Gasteiger partial charge in [-0.05, 0) is 12.1 Å². The normalized spacial score (nSPS) is 28.8. The second-order valence-electron chi connectivity index (χ2n) is 7.14. The van der Waals surface area contributed by atoms with Crippen molar-refractivity contribution in [2.24, 2.45) is 11.8 Å². The number of esters is 2.